The second-order valence-corrected chi connectivity index (χ2v) is 6.07. The summed E-state index contributed by atoms with van der Waals surface area (Å²) in [5.74, 6) is 1.46. The van der Waals surface area contributed by atoms with Gasteiger partial charge >= 0.3 is 0 Å². The van der Waals surface area contributed by atoms with E-state index in [-0.39, 0.29) is 11.8 Å². The number of likely N-dealkylation sites (tertiary alicyclic amines) is 1. The van der Waals surface area contributed by atoms with Crippen molar-refractivity contribution < 1.29 is 23.6 Å². The number of hydrogen-bond acceptors (Lipinski definition) is 6. The van der Waals surface area contributed by atoms with E-state index in [4.69, 9.17) is 14.0 Å². The minimum atomic E-state index is -0.559. The van der Waals surface area contributed by atoms with Gasteiger partial charge in [-0.25, -0.2) is 0 Å². The predicted molar refractivity (Wildman–Crippen MR) is 93.5 cm³/mol. The molecular weight excluding hydrogens is 338 g/mol. The zero-order valence-corrected chi connectivity index (χ0v) is 14.9. The van der Waals surface area contributed by atoms with Crippen molar-refractivity contribution in [2.24, 2.45) is 0 Å². The summed E-state index contributed by atoms with van der Waals surface area (Å²) >= 11 is 0. The number of carbonyl (C=O) groups excluding carboxylic acids is 2. The van der Waals surface area contributed by atoms with Crippen molar-refractivity contribution in [3.63, 3.8) is 0 Å². The van der Waals surface area contributed by atoms with E-state index in [2.05, 4.69) is 10.5 Å². The highest BCUT2D eigenvalue weighted by Gasteiger charge is 2.35. The summed E-state index contributed by atoms with van der Waals surface area (Å²) in [6.07, 6.45) is 1.35. The van der Waals surface area contributed by atoms with Crippen molar-refractivity contribution in [1.29, 1.82) is 0 Å². The van der Waals surface area contributed by atoms with Gasteiger partial charge in [0.15, 0.2) is 5.82 Å². The lowest BCUT2D eigenvalue weighted by molar-refractivity contribution is -0.119. The third-order valence-corrected chi connectivity index (χ3v) is 4.29. The van der Waals surface area contributed by atoms with Crippen LogP contribution in [0.5, 0.6) is 11.5 Å². The van der Waals surface area contributed by atoms with E-state index in [9.17, 15) is 9.59 Å². The van der Waals surface area contributed by atoms with Crippen LogP contribution in [-0.4, -0.2) is 48.7 Å². The molecule has 0 spiro atoms. The number of nitrogens with one attached hydrogen (secondary N) is 1. The molecular formula is C18H21N3O5. The van der Waals surface area contributed by atoms with Crippen molar-refractivity contribution >= 4 is 17.6 Å². The highest BCUT2D eigenvalue weighted by Crippen LogP contribution is 2.27. The topological polar surface area (TPSA) is 93.9 Å². The SMILES string of the molecule is COc1cc(OC)cc(C(=O)N2CCC[C@H]2C(=O)Nc2cc(C)on2)c1. The van der Waals surface area contributed by atoms with Crippen LogP contribution in [0.2, 0.25) is 0 Å². The number of amides is 2. The van der Waals surface area contributed by atoms with Crippen LogP contribution in [0, 0.1) is 6.92 Å². The third-order valence-electron chi connectivity index (χ3n) is 4.29. The Morgan fingerprint density at radius 1 is 1.19 bits per heavy atom. The average molecular weight is 359 g/mol. The Hall–Kier alpha value is -3.03. The van der Waals surface area contributed by atoms with Gasteiger partial charge in [-0.1, -0.05) is 5.16 Å². The van der Waals surface area contributed by atoms with E-state index in [0.29, 0.717) is 41.6 Å². The molecule has 138 valence electrons. The van der Waals surface area contributed by atoms with Gasteiger partial charge in [-0.3, -0.25) is 9.59 Å². The molecule has 1 aliphatic heterocycles. The number of rotatable bonds is 5. The summed E-state index contributed by atoms with van der Waals surface area (Å²) < 4.78 is 15.4. The standard InChI is InChI=1S/C18H21N3O5/c1-11-7-16(20-26-11)19-17(22)15-5-4-6-21(15)18(23)12-8-13(24-2)10-14(9-12)25-3/h7-10,15H,4-6H2,1-3H3,(H,19,20,22)/t15-/m0/s1. The molecule has 0 bridgehead atoms. The molecule has 2 aromatic rings. The zero-order valence-electron chi connectivity index (χ0n) is 14.9. The molecule has 1 aromatic heterocycles. The molecule has 1 aromatic carbocycles. The van der Waals surface area contributed by atoms with E-state index in [0.717, 1.165) is 6.42 Å². The molecule has 2 heterocycles. The van der Waals surface area contributed by atoms with Gasteiger partial charge in [0.2, 0.25) is 5.91 Å². The molecule has 2 amide bonds. The van der Waals surface area contributed by atoms with Gasteiger partial charge in [-0.15, -0.1) is 0 Å². The molecule has 0 saturated carbocycles. The Morgan fingerprint density at radius 3 is 2.46 bits per heavy atom. The van der Waals surface area contributed by atoms with Gasteiger partial charge in [0, 0.05) is 24.2 Å². The molecule has 1 saturated heterocycles. The number of benzene rings is 1. The van der Waals surface area contributed by atoms with Crippen LogP contribution in [-0.2, 0) is 4.79 Å². The van der Waals surface area contributed by atoms with Crippen molar-refractivity contribution in [3.05, 3.63) is 35.6 Å². The monoisotopic (exact) mass is 359 g/mol. The van der Waals surface area contributed by atoms with Gasteiger partial charge in [0.1, 0.15) is 23.3 Å². The van der Waals surface area contributed by atoms with Gasteiger partial charge in [0.25, 0.3) is 5.91 Å². The Morgan fingerprint density at radius 2 is 1.88 bits per heavy atom. The van der Waals surface area contributed by atoms with E-state index < -0.39 is 6.04 Å². The Labute approximate surface area is 151 Å². The summed E-state index contributed by atoms with van der Waals surface area (Å²) in [4.78, 5) is 27.1. The number of nitrogens with zero attached hydrogens (tertiary/aromatic N) is 2. The quantitative estimate of drug-likeness (QED) is 0.880. The van der Waals surface area contributed by atoms with Crippen molar-refractivity contribution in [2.45, 2.75) is 25.8 Å². The fourth-order valence-electron chi connectivity index (χ4n) is 3.01. The number of methoxy groups -OCH3 is 2. The summed E-state index contributed by atoms with van der Waals surface area (Å²) in [5.41, 5.74) is 0.415. The Bertz CT molecular complexity index is 795. The first-order chi connectivity index (χ1) is 12.5. The smallest absolute Gasteiger partial charge is 0.254 e. The third kappa shape index (κ3) is 3.63. The van der Waals surface area contributed by atoms with Crippen LogP contribution in [0.25, 0.3) is 0 Å². The maximum Gasteiger partial charge on any atom is 0.254 e. The summed E-state index contributed by atoms with van der Waals surface area (Å²) in [6.45, 7) is 2.25. The number of ether oxygens (including phenoxy) is 2. The number of hydrogen-bond donors (Lipinski definition) is 1. The highest BCUT2D eigenvalue weighted by atomic mass is 16.5. The minimum Gasteiger partial charge on any atom is -0.497 e. The second kappa shape index (κ2) is 7.47. The van der Waals surface area contributed by atoms with Gasteiger partial charge in [-0.2, -0.15) is 0 Å². The number of carbonyl (C=O) groups is 2. The molecule has 0 unspecified atom stereocenters. The molecule has 1 aliphatic rings. The summed E-state index contributed by atoms with van der Waals surface area (Å²) in [5, 5.41) is 6.46. The van der Waals surface area contributed by atoms with Gasteiger partial charge < -0.3 is 24.2 Å². The van der Waals surface area contributed by atoms with Crippen LogP contribution >= 0.6 is 0 Å². The van der Waals surface area contributed by atoms with E-state index in [1.807, 2.05) is 0 Å². The number of aromatic nitrogens is 1. The molecule has 1 N–H and O–H groups in total. The lowest BCUT2D eigenvalue weighted by Crippen LogP contribution is -2.43. The van der Waals surface area contributed by atoms with Crippen LogP contribution in [0.3, 0.4) is 0 Å². The predicted octanol–water partition coefficient (Wildman–Crippen LogP) is 2.24. The second-order valence-electron chi connectivity index (χ2n) is 6.07. The molecule has 1 fully saturated rings. The van der Waals surface area contributed by atoms with Crippen LogP contribution in [0.4, 0.5) is 5.82 Å². The van der Waals surface area contributed by atoms with Crippen LogP contribution in [0.1, 0.15) is 29.0 Å². The average Bonchev–Trinajstić information content (AvgIpc) is 3.29. The van der Waals surface area contributed by atoms with Gasteiger partial charge in [0.05, 0.1) is 14.2 Å². The molecule has 1 atom stereocenters. The fourth-order valence-corrected chi connectivity index (χ4v) is 3.01. The molecule has 8 heteroatoms. The van der Waals surface area contributed by atoms with Crippen molar-refractivity contribution in [2.75, 3.05) is 26.1 Å². The zero-order chi connectivity index (χ0) is 18.7. The maximum absolute atomic E-state index is 13.0. The number of anilines is 1. The highest BCUT2D eigenvalue weighted by molar-refractivity contribution is 6.01. The minimum absolute atomic E-state index is 0.240. The first-order valence-corrected chi connectivity index (χ1v) is 8.30. The Balaban J connectivity index is 1.79. The van der Waals surface area contributed by atoms with E-state index in [1.165, 1.54) is 14.2 Å². The summed E-state index contributed by atoms with van der Waals surface area (Å²) in [7, 11) is 3.05. The lowest BCUT2D eigenvalue weighted by Gasteiger charge is -2.24. The normalized spacial score (nSPS) is 16.4. The summed E-state index contributed by atoms with van der Waals surface area (Å²) in [6, 6.07) is 6.04. The molecule has 26 heavy (non-hydrogen) atoms. The van der Waals surface area contributed by atoms with E-state index in [1.54, 1.807) is 36.1 Å². The van der Waals surface area contributed by atoms with E-state index >= 15 is 0 Å². The maximum atomic E-state index is 13.0. The Kier molecular flexibility index (Phi) is 5.11. The van der Waals surface area contributed by atoms with Crippen LogP contribution < -0.4 is 14.8 Å². The largest absolute Gasteiger partial charge is 0.497 e. The first kappa shape index (κ1) is 17.8. The first-order valence-electron chi connectivity index (χ1n) is 8.30. The van der Waals surface area contributed by atoms with Crippen molar-refractivity contribution in [1.82, 2.24) is 10.1 Å². The molecule has 0 aliphatic carbocycles. The lowest BCUT2D eigenvalue weighted by atomic mass is 10.1. The molecule has 8 nitrogen and oxygen atoms in total. The molecule has 3 rings (SSSR count). The van der Waals surface area contributed by atoms with Crippen molar-refractivity contribution in [3.8, 4) is 11.5 Å². The van der Waals surface area contributed by atoms with Gasteiger partial charge in [-0.05, 0) is 31.9 Å². The molecule has 0 radical (unpaired) electrons. The number of aryl methyl sites for hydroxylation is 1. The fraction of sp³-hybridized carbons (Fsp3) is 0.389. The van der Waals surface area contributed by atoms with Crippen LogP contribution in [0.15, 0.2) is 28.8 Å².